The number of amides is 1. The molecular weight excluding hydrogens is 284 g/mol. The van der Waals surface area contributed by atoms with E-state index in [0.29, 0.717) is 12.5 Å². The van der Waals surface area contributed by atoms with E-state index < -0.39 is 0 Å². The smallest absolute Gasteiger partial charge is 0.233 e. The van der Waals surface area contributed by atoms with Crippen LogP contribution in [0.2, 0.25) is 0 Å². The molecule has 126 valence electrons. The van der Waals surface area contributed by atoms with Crippen molar-refractivity contribution in [2.45, 2.75) is 57.8 Å². The number of aryl methyl sites for hydroxylation is 1. The van der Waals surface area contributed by atoms with Crippen LogP contribution in [-0.4, -0.2) is 30.4 Å². The minimum absolute atomic E-state index is 0.0945. The number of hydrogen-bond acceptors (Lipinski definition) is 2. The molecule has 0 bridgehead atoms. The number of benzene rings is 1. The molecule has 1 unspecified atom stereocenters. The van der Waals surface area contributed by atoms with Crippen LogP contribution in [0.1, 0.15) is 56.6 Å². The summed E-state index contributed by atoms with van der Waals surface area (Å²) in [5, 5.41) is 0. The second-order valence-electron chi connectivity index (χ2n) is 7.95. The molecule has 1 heterocycles. The predicted molar refractivity (Wildman–Crippen MR) is 94.3 cm³/mol. The van der Waals surface area contributed by atoms with Gasteiger partial charge in [0, 0.05) is 13.1 Å². The fourth-order valence-corrected chi connectivity index (χ4v) is 4.53. The fraction of sp³-hybridized carbons (Fsp3) is 0.650. The number of likely N-dealkylation sites (tertiary alicyclic amines) is 1. The topological polar surface area (TPSA) is 46.3 Å². The Morgan fingerprint density at radius 3 is 2.48 bits per heavy atom. The Morgan fingerprint density at radius 2 is 1.87 bits per heavy atom. The third-order valence-corrected chi connectivity index (χ3v) is 6.11. The molecule has 1 saturated heterocycles. The molecule has 1 atom stereocenters. The molecule has 0 aromatic heterocycles. The molecule has 1 aliphatic heterocycles. The van der Waals surface area contributed by atoms with Gasteiger partial charge in [-0.1, -0.05) is 50.5 Å². The Balaban J connectivity index is 1.94. The molecule has 2 aliphatic rings. The van der Waals surface area contributed by atoms with Crippen LogP contribution < -0.4 is 5.73 Å². The van der Waals surface area contributed by atoms with Gasteiger partial charge in [-0.2, -0.15) is 0 Å². The maximum Gasteiger partial charge on any atom is 0.233 e. The molecule has 3 nitrogen and oxygen atoms in total. The zero-order valence-corrected chi connectivity index (χ0v) is 14.6. The van der Waals surface area contributed by atoms with Gasteiger partial charge in [0.2, 0.25) is 5.91 Å². The summed E-state index contributed by atoms with van der Waals surface area (Å²) in [5.41, 5.74) is 8.24. The van der Waals surface area contributed by atoms with Crippen molar-refractivity contribution in [3.8, 4) is 0 Å². The summed E-state index contributed by atoms with van der Waals surface area (Å²) in [6, 6.07) is 8.48. The molecule has 3 rings (SSSR count). The molecule has 23 heavy (non-hydrogen) atoms. The van der Waals surface area contributed by atoms with Crippen molar-refractivity contribution < 1.29 is 4.79 Å². The average molecular weight is 314 g/mol. The molecule has 2 N–H and O–H groups in total. The number of nitrogens with two attached hydrogens (primary N) is 1. The molecule has 0 spiro atoms. The SMILES string of the molecule is Cc1ccccc1C1(C(=O)N2CCC(C)(CN)C2)CCCCC1. The van der Waals surface area contributed by atoms with Crippen molar-refractivity contribution >= 4 is 5.91 Å². The molecule has 1 saturated carbocycles. The number of nitrogens with zero attached hydrogens (tertiary/aromatic N) is 1. The van der Waals surface area contributed by atoms with Crippen LogP contribution in [0.15, 0.2) is 24.3 Å². The van der Waals surface area contributed by atoms with Crippen LogP contribution in [-0.2, 0) is 10.2 Å². The summed E-state index contributed by atoms with van der Waals surface area (Å²) in [6.07, 6.45) is 6.57. The van der Waals surface area contributed by atoms with Gasteiger partial charge < -0.3 is 10.6 Å². The van der Waals surface area contributed by atoms with Gasteiger partial charge in [0.25, 0.3) is 0 Å². The van der Waals surface area contributed by atoms with E-state index in [1.807, 2.05) is 0 Å². The largest absolute Gasteiger partial charge is 0.341 e. The Morgan fingerprint density at radius 1 is 1.17 bits per heavy atom. The number of rotatable bonds is 3. The van der Waals surface area contributed by atoms with Crippen LogP contribution in [0.3, 0.4) is 0 Å². The number of carbonyl (C=O) groups excluding carboxylic acids is 1. The van der Waals surface area contributed by atoms with E-state index in [2.05, 4.69) is 43.0 Å². The average Bonchev–Trinajstić information content (AvgIpc) is 2.98. The molecular formula is C20H30N2O. The summed E-state index contributed by atoms with van der Waals surface area (Å²) in [4.78, 5) is 15.7. The minimum atomic E-state index is -0.302. The lowest BCUT2D eigenvalue weighted by molar-refractivity contribution is -0.138. The van der Waals surface area contributed by atoms with Crippen molar-refractivity contribution in [3.63, 3.8) is 0 Å². The Bertz CT molecular complexity index is 577. The van der Waals surface area contributed by atoms with Gasteiger partial charge in [0.15, 0.2) is 0 Å². The molecule has 1 aromatic carbocycles. The Kier molecular flexibility index (Phi) is 4.50. The maximum absolute atomic E-state index is 13.6. The van der Waals surface area contributed by atoms with Gasteiger partial charge in [0.1, 0.15) is 0 Å². The molecule has 1 aliphatic carbocycles. The van der Waals surface area contributed by atoms with Crippen molar-refractivity contribution in [3.05, 3.63) is 35.4 Å². The van der Waals surface area contributed by atoms with Crippen LogP contribution in [0.25, 0.3) is 0 Å². The maximum atomic E-state index is 13.6. The van der Waals surface area contributed by atoms with E-state index in [9.17, 15) is 4.79 Å². The van der Waals surface area contributed by atoms with E-state index in [-0.39, 0.29) is 10.8 Å². The summed E-state index contributed by atoms with van der Waals surface area (Å²) >= 11 is 0. The first-order valence-electron chi connectivity index (χ1n) is 9.06. The summed E-state index contributed by atoms with van der Waals surface area (Å²) < 4.78 is 0. The monoisotopic (exact) mass is 314 g/mol. The fourth-order valence-electron chi connectivity index (χ4n) is 4.53. The quantitative estimate of drug-likeness (QED) is 0.929. The van der Waals surface area contributed by atoms with Crippen LogP contribution >= 0.6 is 0 Å². The minimum Gasteiger partial charge on any atom is -0.341 e. The summed E-state index contributed by atoms with van der Waals surface area (Å²) in [6.45, 7) is 6.69. The zero-order chi connectivity index (χ0) is 16.5. The Labute approximate surface area is 140 Å². The van der Waals surface area contributed by atoms with E-state index in [0.717, 1.165) is 45.2 Å². The van der Waals surface area contributed by atoms with Gasteiger partial charge in [-0.3, -0.25) is 4.79 Å². The molecule has 1 aromatic rings. The van der Waals surface area contributed by atoms with Crippen molar-refractivity contribution in [1.82, 2.24) is 4.90 Å². The summed E-state index contributed by atoms with van der Waals surface area (Å²) in [5.74, 6) is 0.351. The molecule has 2 fully saturated rings. The predicted octanol–water partition coefficient (Wildman–Crippen LogP) is 3.39. The van der Waals surface area contributed by atoms with Crippen LogP contribution in [0.4, 0.5) is 0 Å². The lowest BCUT2D eigenvalue weighted by Gasteiger charge is -2.40. The van der Waals surface area contributed by atoms with Gasteiger partial charge >= 0.3 is 0 Å². The van der Waals surface area contributed by atoms with Gasteiger partial charge in [0.05, 0.1) is 5.41 Å². The zero-order valence-electron chi connectivity index (χ0n) is 14.6. The lowest BCUT2D eigenvalue weighted by atomic mass is 9.67. The van der Waals surface area contributed by atoms with Crippen molar-refractivity contribution in [2.24, 2.45) is 11.1 Å². The Hall–Kier alpha value is -1.35. The molecule has 1 amide bonds. The summed E-state index contributed by atoms with van der Waals surface area (Å²) in [7, 11) is 0. The normalized spacial score (nSPS) is 27.2. The third-order valence-electron chi connectivity index (χ3n) is 6.11. The number of hydrogen-bond donors (Lipinski definition) is 1. The standard InChI is InChI=1S/C20H30N2O/c1-16-8-4-5-9-17(16)20(10-6-3-7-11-20)18(23)22-13-12-19(2,14-21)15-22/h4-5,8-9H,3,6-7,10-15,21H2,1-2H3. The lowest BCUT2D eigenvalue weighted by Crippen LogP contribution is -2.48. The van der Waals surface area contributed by atoms with Crippen molar-refractivity contribution in [1.29, 1.82) is 0 Å². The van der Waals surface area contributed by atoms with Crippen LogP contribution in [0.5, 0.6) is 0 Å². The van der Waals surface area contributed by atoms with Crippen molar-refractivity contribution in [2.75, 3.05) is 19.6 Å². The van der Waals surface area contributed by atoms with Crippen LogP contribution in [0, 0.1) is 12.3 Å². The van der Waals surface area contributed by atoms with E-state index >= 15 is 0 Å². The highest BCUT2D eigenvalue weighted by molar-refractivity contribution is 5.89. The molecule has 0 radical (unpaired) electrons. The highest BCUT2D eigenvalue weighted by Crippen LogP contribution is 2.44. The van der Waals surface area contributed by atoms with E-state index in [1.165, 1.54) is 17.5 Å². The first-order valence-corrected chi connectivity index (χ1v) is 9.06. The van der Waals surface area contributed by atoms with Gasteiger partial charge in [-0.05, 0) is 49.3 Å². The molecule has 3 heteroatoms. The first-order chi connectivity index (χ1) is 11.0. The highest BCUT2D eigenvalue weighted by atomic mass is 16.2. The highest BCUT2D eigenvalue weighted by Gasteiger charge is 2.47. The van der Waals surface area contributed by atoms with Gasteiger partial charge in [-0.25, -0.2) is 0 Å². The third kappa shape index (κ3) is 2.91. The number of carbonyl (C=O) groups is 1. The second kappa shape index (κ2) is 6.27. The van der Waals surface area contributed by atoms with E-state index in [1.54, 1.807) is 0 Å². The first kappa shape index (κ1) is 16.5. The van der Waals surface area contributed by atoms with Gasteiger partial charge in [-0.15, -0.1) is 0 Å². The van der Waals surface area contributed by atoms with E-state index in [4.69, 9.17) is 5.73 Å². The second-order valence-corrected chi connectivity index (χ2v) is 7.95.